The van der Waals surface area contributed by atoms with Crippen molar-refractivity contribution in [1.82, 2.24) is 8.75 Å². The number of hydrogen-bond acceptors (Lipinski definition) is 4. The number of aromatic nitrogens is 2. The summed E-state index contributed by atoms with van der Waals surface area (Å²) in [4.78, 5) is 0. The Balaban J connectivity index is 2.42. The zero-order valence-electron chi connectivity index (χ0n) is 9.45. The molecule has 0 spiro atoms. The van der Waals surface area contributed by atoms with E-state index in [0.29, 0.717) is 23.6 Å². The Morgan fingerprint density at radius 2 is 2.06 bits per heavy atom. The van der Waals surface area contributed by atoms with Crippen molar-refractivity contribution in [3.05, 3.63) is 29.8 Å². The van der Waals surface area contributed by atoms with Crippen LogP contribution in [-0.2, 0) is 6.18 Å². The molecule has 7 heteroatoms. The van der Waals surface area contributed by atoms with Gasteiger partial charge in [-0.2, -0.15) is 21.9 Å². The summed E-state index contributed by atoms with van der Waals surface area (Å²) in [5.74, 6) is 0.516. The third-order valence-electron chi connectivity index (χ3n) is 2.30. The summed E-state index contributed by atoms with van der Waals surface area (Å²) in [5, 5.41) is 2.97. The molecule has 18 heavy (non-hydrogen) atoms. The molecule has 0 amide bonds. The first-order chi connectivity index (χ1) is 8.52. The van der Waals surface area contributed by atoms with Gasteiger partial charge in [0.05, 0.1) is 17.3 Å². The standard InChI is InChI=1S/C11H10F3N3S/c1-2-15-10-9(16-18-17-10)7-4-3-5-8(6-7)11(12,13)14/h3-6H,2H2,1H3,(H,15,17). The van der Waals surface area contributed by atoms with Gasteiger partial charge in [0.2, 0.25) is 0 Å². The zero-order chi connectivity index (χ0) is 13.2. The molecule has 0 fully saturated rings. The van der Waals surface area contributed by atoms with Crippen molar-refractivity contribution < 1.29 is 13.2 Å². The lowest BCUT2D eigenvalue weighted by molar-refractivity contribution is -0.137. The van der Waals surface area contributed by atoms with Crippen LogP contribution in [0.5, 0.6) is 0 Å². The van der Waals surface area contributed by atoms with Crippen molar-refractivity contribution in [3.63, 3.8) is 0 Å². The molecule has 0 bridgehead atoms. The quantitative estimate of drug-likeness (QED) is 0.927. The first-order valence-corrected chi connectivity index (χ1v) is 5.99. The van der Waals surface area contributed by atoms with E-state index in [4.69, 9.17) is 0 Å². The molecular weight excluding hydrogens is 263 g/mol. The highest BCUT2D eigenvalue weighted by atomic mass is 32.1. The van der Waals surface area contributed by atoms with Gasteiger partial charge < -0.3 is 5.32 Å². The van der Waals surface area contributed by atoms with Crippen LogP contribution in [0, 0.1) is 0 Å². The first kappa shape index (κ1) is 12.8. The number of alkyl halides is 3. The summed E-state index contributed by atoms with van der Waals surface area (Å²) in [5.41, 5.74) is 0.179. The predicted molar refractivity (Wildman–Crippen MR) is 64.5 cm³/mol. The van der Waals surface area contributed by atoms with Crippen LogP contribution in [0.15, 0.2) is 24.3 Å². The lowest BCUT2D eigenvalue weighted by Crippen LogP contribution is -2.05. The molecule has 0 saturated heterocycles. The molecule has 0 radical (unpaired) electrons. The summed E-state index contributed by atoms with van der Waals surface area (Å²) in [6.07, 6.45) is -4.35. The minimum Gasteiger partial charge on any atom is -0.368 e. The second kappa shape index (κ2) is 4.93. The largest absolute Gasteiger partial charge is 0.416 e. The fourth-order valence-corrected chi connectivity index (χ4v) is 2.05. The molecule has 0 atom stereocenters. The molecule has 0 aliphatic carbocycles. The monoisotopic (exact) mass is 273 g/mol. The van der Waals surface area contributed by atoms with Gasteiger partial charge in [-0.3, -0.25) is 0 Å². The molecule has 0 saturated carbocycles. The number of halogens is 3. The van der Waals surface area contributed by atoms with Crippen LogP contribution in [0.1, 0.15) is 12.5 Å². The van der Waals surface area contributed by atoms with Crippen LogP contribution in [0.2, 0.25) is 0 Å². The number of nitrogens with one attached hydrogen (secondary N) is 1. The molecule has 0 aliphatic rings. The van der Waals surface area contributed by atoms with Gasteiger partial charge in [0.25, 0.3) is 0 Å². The number of nitrogens with zero attached hydrogens (tertiary/aromatic N) is 2. The average molecular weight is 273 g/mol. The normalized spacial score (nSPS) is 11.6. The molecule has 1 aromatic heterocycles. The van der Waals surface area contributed by atoms with Gasteiger partial charge in [0.15, 0.2) is 5.82 Å². The Labute approximate surface area is 106 Å². The van der Waals surface area contributed by atoms with Gasteiger partial charge in [-0.1, -0.05) is 12.1 Å². The molecule has 1 aromatic carbocycles. The molecule has 1 heterocycles. The zero-order valence-corrected chi connectivity index (χ0v) is 10.3. The highest BCUT2D eigenvalue weighted by molar-refractivity contribution is 6.99. The average Bonchev–Trinajstić information content (AvgIpc) is 2.77. The van der Waals surface area contributed by atoms with Crippen molar-refractivity contribution >= 4 is 17.5 Å². The van der Waals surface area contributed by atoms with Crippen LogP contribution in [0.3, 0.4) is 0 Å². The fourth-order valence-electron chi connectivity index (χ4n) is 1.50. The Morgan fingerprint density at radius 3 is 2.72 bits per heavy atom. The number of hydrogen-bond donors (Lipinski definition) is 1. The van der Waals surface area contributed by atoms with E-state index in [1.54, 1.807) is 6.07 Å². The number of rotatable bonds is 3. The summed E-state index contributed by atoms with van der Waals surface area (Å²) >= 11 is 0.971. The van der Waals surface area contributed by atoms with Gasteiger partial charge in [0.1, 0.15) is 5.69 Å². The van der Waals surface area contributed by atoms with Gasteiger partial charge in [-0.15, -0.1) is 0 Å². The van der Waals surface area contributed by atoms with Gasteiger partial charge >= 0.3 is 6.18 Å². The topological polar surface area (TPSA) is 37.8 Å². The fraction of sp³-hybridized carbons (Fsp3) is 0.273. The lowest BCUT2D eigenvalue weighted by atomic mass is 10.1. The molecule has 2 rings (SSSR count). The van der Waals surface area contributed by atoms with Crippen LogP contribution in [0.4, 0.5) is 19.0 Å². The van der Waals surface area contributed by atoms with E-state index in [1.165, 1.54) is 6.07 Å². The molecule has 2 aromatic rings. The molecule has 1 N–H and O–H groups in total. The summed E-state index contributed by atoms with van der Waals surface area (Å²) in [7, 11) is 0. The second-order valence-electron chi connectivity index (χ2n) is 3.57. The number of benzene rings is 1. The van der Waals surface area contributed by atoms with Crippen LogP contribution in [0.25, 0.3) is 11.3 Å². The van der Waals surface area contributed by atoms with Gasteiger partial charge in [0, 0.05) is 12.1 Å². The maximum atomic E-state index is 12.6. The van der Waals surface area contributed by atoms with Crippen LogP contribution >= 0.6 is 11.7 Å². The summed E-state index contributed by atoms with van der Waals surface area (Å²) in [6.45, 7) is 2.52. The van der Waals surface area contributed by atoms with Gasteiger partial charge in [-0.05, 0) is 19.1 Å². The Morgan fingerprint density at radius 1 is 1.28 bits per heavy atom. The minimum atomic E-state index is -4.35. The van der Waals surface area contributed by atoms with Crippen LogP contribution < -0.4 is 5.32 Å². The molecular formula is C11H10F3N3S. The second-order valence-corrected chi connectivity index (χ2v) is 4.10. The maximum absolute atomic E-state index is 12.6. The molecule has 3 nitrogen and oxygen atoms in total. The van der Waals surface area contributed by atoms with E-state index < -0.39 is 11.7 Å². The van der Waals surface area contributed by atoms with Crippen molar-refractivity contribution in [2.24, 2.45) is 0 Å². The predicted octanol–water partition coefficient (Wildman–Crippen LogP) is 3.66. The molecule has 0 aliphatic heterocycles. The Kier molecular flexibility index (Phi) is 3.51. The summed E-state index contributed by atoms with van der Waals surface area (Å²) < 4.78 is 45.9. The first-order valence-electron chi connectivity index (χ1n) is 5.26. The maximum Gasteiger partial charge on any atom is 0.416 e. The number of anilines is 1. The Bertz CT molecular complexity index is 536. The van der Waals surface area contributed by atoms with E-state index in [9.17, 15) is 13.2 Å². The minimum absolute atomic E-state index is 0.412. The van der Waals surface area contributed by atoms with Crippen molar-refractivity contribution in [2.45, 2.75) is 13.1 Å². The van der Waals surface area contributed by atoms with E-state index >= 15 is 0 Å². The SMILES string of the molecule is CCNc1nsnc1-c1cccc(C(F)(F)F)c1. The van der Waals surface area contributed by atoms with Crippen molar-refractivity contribution in [1.29, 1.82) is 0 Å². The summed E-state index contributed by atoms with van der Waals surface area (Å²) in [6, 6.07) is 5.08. The third-order valence-corrected chi connectivity index (χ3v) is 2.82. The van der Waals surface area contributed by atoms with E-state index in [2.05, 4.69) is 14.1 Å². The van der Waals surface area contributed by atoms with Crippen molar-refractivity contribution in [2.75, 3.05) is 11.9 Å². The molecule has 96 valence electrons. The smallest absolute Gasteiger partial charge is 0.368 e. The highest BCUT2D eigenvalue weighted by Gasteiger charge is 2.30. The Hall–Kier alpha value is -1.63. The highest BCUT2D eigenvalue weighted by Crippen LogP contribution is 2.33. The third kappa shape index (κ3) is 2.61. The lowest BCUT2D eigenvalue weighted by Gasteiger charge is -2.08. The van der Waals surface area contributed by atoms with Crippen LogP contribution in [-0.4, -0.2) is 15.3 Å². The molecule has 0 unspecified atom stereocenters. The van der Waals surface area contributed by atoms with Gasteiger partial charge in [-0.25, -0.2) is 0 Å². The van der Waals surface area contributed by atoms with E-state index in [0.717, 1.165) is 23.9 Å². The van der Waals surface area contributed by atoms with E-state index in [-0.39, 0.29) is 0 Å². The van der Waals surface area contributed by atoms with Crippen molar-refractivity contribution in [3.8, 4) is 11.3 Å². The van der Waals surface area contributed by atoms with E-state index in [1.807, 2.05) is 6.92 Å².